The first-order valence-corrected chi connectivity index (χ1v) is 7.45. The molecular weight excluding hydrogens is 294 g/mol. The summed E-state index contributed by atoms with van der Waals surface area (Å²) in [5.41, 5.74) is 2.22. The lowest BCUT2D eigenvalue weighted by Crippen LogP contribution is -2.80. The maximum atomic E-state index is 5.43. The van der Waals surface area contributed by atoms with Gasteiger partial charge >= 0.3 is 0 Å². The molecule has 0 aromatic heterocycles. The third kappa shape index (κ3) is 4.29. The van der Waals surface area contributed by atoms with E-state index in [0.29, 0.717) is 0 Å². The van der Waals surface area contributed by atoms with E-state index >= 15 is 0 Å². The largest absolute Gasteiger partial charge is 0.497 e. The second kappa shape index (κ2) is 8.29. The molecule has 5 heteroatoms. The molecule has 0 fully saturated rings. The predicted molar refractivity (Wildman–Crippen MR) is 88.4 cm³/mol. The van der Waals surface area contributed by atoms with Gasteiger partial charge in [-0.15, -0.1) is 0 Å². The molecule has 2 N–H and O–H groups in total. The van der Waals surface area contributed by atoms with E-state index in [2.05, 4.69) is 5.32 Å². The zero-order valence-electron chi connectivity index (χ0n) is 14.1. The molecule has 0 bridgehead atoms. The number of ether oxygens (including phenoxy) is 4. The number of hydrogen-bond acceptors (Lipinski definition) is 4. The van der Waals surface area contributed by atoms with Crippen molar-refractivity contribution in [3.8, 4) is 23.0 Å². The molecule has 0 aliphatic rings. The van der Waals surface area contributed by atoms with Gasteiger partial charge in [-0.3, -0.25) is 0 Å². The van der Waals surface area contributed by atoms with E-state index in [1.54, 1.807) is 28.4 Å². The van der Waals surface area contributed by atoms with Gasteiger partial charge in [0.25, 0.3) is 0 Å². The quantitative estimate of drug-likeness (QED) is 0.809. The van der Waals surface area contributed by atoms with Crippen LogP contribution in [0.2, 0.25) is 0 Å². The van der Waals surface area contributed by atoms with Gasteiger partial charge in [0.15, 0.2) is 0 Å². The number of rotatable bonds is 8. The van der Waals surface area contributed by atoms with Gasteiger partial charge in [0.1, 0.15) is 36.1 Å². The highest BCUT2D eigenvalue weighted by atomic mass is 16.5. The number of benzene rings is 2. The summed E-state index contributed by atoms with van der Waals surface area (Å²) < 4.78 is 21.3. The van der Waals surface area contributed by atoms with Gasteiger partial charge in [-0.25, -0.2) is 0 Å². The van der Waals surface area contributed by atoms with Gasteiger partial charge in [0.2, 0.25) is 0 Å². The molecule has 0 unspecified atom stereocenters. The maximum absolute atomic E-state index is 5.43. The summed E-state index contributed by atoms with van der Waals surface area (Å²) in [6, 6.07) is 11.7. The Kier molecular flexibility index (Phi) is 6.11. The number of hydrogen-bond donors (Lipinski definition) is 1. The van der Waals surface area contributed by atoms with Gasteiger partial charge in [-0.2, -0.15) is 0 Å². The highest BCUT2D eigenvalue weighted by Crippen LogP contribution is 2.25. The van der Waals surface area contributed by atoms with Crippen LogP contribution in [0.1, 0.15) is 11.1 Å². The lowest BCUT2D eigenvalue weighted by atomic mass is 10.1. The molecule has 5 nitrogen and oxygen atoms in total. The Labute approximate surface area is 137 Å². The minimum Gasteiger partial charge on any atom is -0.497 e. The average Bonchev–Trinajstić information content (AvgIpc) is 2.61. The predicted octanol–water partition coefficient (Wildman–Crippen LogP) is 1.98. The van der Waals surface area contributed by atoms with Crippen molar-refractivity contribution in [1.29, 1.82) is 0 Å². The summed E-state index contributed by atoms with van der Waals surface area (Å²) in [7, 11) is 6.66. The fourth-order valence-corrected chi connectivity index (χ4v) is 2.45. The first-order chi connectivity index (χ1) is 11.2. The van der Waals surface area contributed by atoms with E-state index in [4.69, 9.17) is 18.9 Å². The van der Waals surface area contributed by atoms with Gasteiger partial charge in [0, 0.05) is 11.6 Å². The molecule has 0 amide bonds. The van der Waals surface area contributed by atoms with Crippen LogP contribution in [-0.2, 0) is 13.1 Å². The monoisotopic (exact) mass is 318 g/mol. The summed E-state index contributed by atoms with van der Waals surface area (Å²) in [6.07, 6.45) is 0. The van der Waals surface area contributed by atoms with Crippen molar-refractivity contribution >= 4 is 0 Å². The lowest BCUT2D eigenvalue weighted by molar-refractivity contribution is -0.686. The van der Waals surface area contributed by atoms with Crippen LogP contribution in [0.15, 0.2) is 36.4 Å². The van der Waals surface area contributed by atoms with Crippen molar-refractivity contribution in [3.05, 3.63) is 47.5 Å². The molecule has 0 radical (unpaired) electrons. The standard InChI is InChI=1S/C18H23NO4/c1-20-15-7-8-17(22-3)14(9-15)12-19-11-13-5-6-16(21-2)10-18(13)23-4/h5-10,19H,11-12H2,1-4H3/p+1. The van der Waals surface area contributed by atoms with Gasteiger partial charge in [-0.05, 0) is 30.3 Å². The molecule has 0 saturated heterocycles. The van der Waals surface area contributed by atoms with Crippen molar-refractivity contribution in [2.75, 3.05) is 28.4 Å². The van der Waals surface area contributed by atoms with Crippen LogP contribution >= 0.6 is 0 Å². The van der Waals surface area contributed by atoms with Crippen molar-refractivity contribution in [3.63, 3.8) is 0 Å². The molecule has 0 saturated carbocycles. The fourth-order valence-electron chi connectivity index (χ4n) is 2.45. The summed E-state index contributed by atoms with van der Waals surface area (Å²) in [6.45, 7) is 1.59. The molecule has 0 spiro atoms. The number of quaternary nitrogens is 1. The van der Waals surface area contributed by atoms with Crippen LogP contribution in [0.4, 0.5) is 0 Å². The lowest BCUT2D eigenvalue weighted by Gasteiger charge is -2.11. The molecular formula is C18H24NO4+. The molecule has 124 valence electrons. The molecule has 0 aliphatic carbocycles. The maximum Gasteiger partial charge on any atom is 0.131 e. The first-order valence-electron chi connectivity index (χ1n) is 7.45. The fraction of sp³-hybridized carbons (Fsp3) is 0.333. The minimum absolute atomic E-state index is 0.787. The number of methoxy groups -OCH3 is 4. The Morgan fingerprint density at radius 1 is 0.652 bits per heavy atom. The topological polar surface area (TPSA) is 53.5 Å². The van der Waals surface area contributed by atoms with E-state index in [1.165, 1.54) is 0 Å². The summed E-state index contributed by atoms with van der Waals surface area (Å²) in [4.78, 5) is 0. The van der Waals surface area contributed by atoms with Gasteiger partial charge in [-0.1, -0.05) is 0 Å². The summed E-state index contributed by atoms with van der Waals surface area (Å²) in [5, 5.41) is 2.20. The SMILES string of the molecule is COc1ccc(OC)c(C[NH2+]Cc2ccc(OC)cc2OC)c1. The molecule has 2 aromatic rings. The van der Waals surface area contributed by atoms with Crippen LogP contribution in [0.25, 0.3) is 0 Å². The van der Waals surface area contributed by atoms with E-state index in [0.717, 1.165) is 47.2 Å². The third-order valence-corrected chi connectivity index (χ3v) is 3.71. The Morgan fingerprint density at radius 2 is 1.26 bits per heavy atom. The van der Waals surface area contributed by atoms with Crippen molar-refractivity contribution in [2.24, 2.45) is 0 Å². The summed E-state index contributed by atoms with van der Waals surface area (Å²) in [5.74, 6) is 3.32. The van der Waals surface area contributed by atoms with Crippen molar-refractivity contribution in [1.82, 2.24) is 0 Å². The summed E-state index contributed by atoms with van der Waals surface area (Å²) >= 11 is 0. The van der Waals surface area contributed by atoms with E-state index in [9.17, 15) is 0 Å². The van der Waals surface area contributed by atoms with E-state index < -0.39 is 0 Å². The highest BCUT2D eigenvalue weighted by molar-refractivity contribution is 5.41. The molecule has 2 rings (SSSR count). The van der Waals surface area contributed by atoms with E-state index in [1.807, 2.05) is 36.4 Å². The van der Waals surface area contributed by atoms with Crippen molar-refractivity contribution < 1.29 is 24.3 Å². The van der Waals surface area contributed by atoms with Crippen LogP contribution in [0, 0.1) is 0 Å². The second-order valence-corrected chi connectivity index (χ2v) is 5.05. The van der Waals surface area contributed by atoms with E-state index in [-0.39, 0.29) is 0 Å². The Bertz CT molecular complexity index is 643. The molecule has 0 aliphatic heterocycles. The molecule has 0 heterocycles. The zero-order valence-corrected chi connectivity index (χ0v) is 14.1. The Morgan fingerprint density at radius 3 is 1.91 bits per heavy atom. The normalized spacial score (nSPS) is 10.3. The second-order valence-electron chi connectivity index (χ2n) is 5.05. The van der Waals surface area contributed by atoms with Gasteiger partial charge < -0.3 is 24.3 Å². The molecule has 23 heavy (non-hydrogen) atoms. The Balaban J connectivity index is 2.05. The van der Waals surface area contributed by atoms with Crippen LogP contribution in [0.5, 0.6) is 23.0 Å². The van der Waals surface area contributed by atoms with Crippen molar-refractivity contribution in [2.45, 2.75) is 13.1 Å². The zero-order chi connectivity index (χ0) is 16.7. The first kappa shape index (κ1) is 17.0. The third-order valence-electron chi connectivity index (χ3n) is 3.71. The number of nitrogens with two attached hydrogens (primary N) is 1. The van der Waals surface area contributed by atoms with Gasteiger partial charge in [0.05, 0.1) is 34.0 Å². The van der Waals surface area contributed by atoms with Crippen LogP contribution < -0.4 is 24.3 Å². The Hall–Kier alpha value is -2.40. The molecule has 0 atom stereocenters. The minimum atomic E-state index is 0.787. The highest BCUT2D eigenvalue weighted by Gasteiger charge is 2.10. The average molecular weight is 318 g/mol. The smallest absolute Gasteiger partial charge is 0.131 e. The van der Waals surface area contributed by atoms with Crippen LogP contribution in [-0.4, -0.2) is 28.4 Å². The molecule has 2 aromatic carbocycles. The van der Waals surface area contributed by atoms with Crippen LogP contribution in [0.3, 0.4) is 0 Å².